The van der Waals surface area contributed by atoms with Crippen LogP contribution in [-0.2, 0) is 4.79 Å². The Bertz CT molecular complexity index is 885. The molecule has 110 valence electrons. The highest BCUT2D eigenvalue weighted by Crippen LogP contribution is 2.25. The predicted octanol–water partition coefficient (Wildman–Crippen LogP) is 2.92. The number of hydrogen-bond acceptors (Lipinski definition) is 4. The Morgan fingerprint density at radius 2 is 1.82 bits per heavy atom. The Morgan fingerprint density at radius 1 is 1.05 bits per heavy atom. The highest BCUT2D eigenvalue weighted by Gasteiger charge is 2.10. The van der Waals surface area contributed by atoms with Gasteiger partial charge in [-0.1, -0.05) is 36.4 Å². The van der Waals surface area contributed by atoms with E-state index in [0.717, 1.165) is 5.56 Å². The third-order valence-corrected chi connectivity index (χ3v) is 3.19. The first-order chi connectivity index (χ1) is 10.6. The maximum absolute atomic E-state index is 12.4. The Balaban J connectivity index is 2.13. The van der Waals surface area contributed by atoms with Crippen LogP contribution in [0.3, 0.4) is 0 Å². The van der Waals surface area contributed by atoms with Crippen LogP contribution in [0.5, 0.6) is 0 Å². The maximum atomic E-state index is 12.4. The van der Waals surface area contributed by atoms with Crippen molar-refractivity contribution in [2.75, 3.05) is 5.43 Å². The lowest BCUT2D eigenvalue weighted by atomic mass is 10.1. The zero-order chi connectivity index (χ0) is 15.5. The number of hydrazine groups is 1. The molecule has 0 radical (unpaired) electrons. The maximum Gasteiger partial charge on any atom is 0.235 e. The lowest BCUT2D eigenvalue weighted by Crippen LogP contribution is -2.27. The number of benzene rings is 2. The standard InChI is InChI=1S/C17H14N2O3/c1-11(20)18-19-13-8-5-9-15-17(13)14(21)10-16(22-15)12-6-3-2-4-7-12/h2-10,19H,1H3,(H,18,20). The number of rotatable bonds is 3. The molecule has 3 aromatic rings. The Morgan fingerprint density at radius 3 is 2.55 bits per heavy atom. The van der Waals surface area contributed by atoms with E-state index in [2.05, 4.69) is 10.9 Å². The van der Waals surface area contributed by atoms with Crippen molar-refractivity contribution in [3.8, 4) is 11.3 Å². The summed E-state index contributed by atoms with van der Waals surface area (Å²) in [4.78, 5) is 23.4. The van der Waals surface area contributed by atoms with Crippen LogP contribution in [0.25, 0.3) is 22.3 Å². The lowest BCUT2D eigenvalue weighted by molar-refractivity contribution is -0.118. The SMILES string of the molecule is CC(=O)NNc1cccc2oc(-c3ccccc3)cc(=O)c12. The summed E-state index contributed by atoms with van der Waals surface area (Å²) in [5.41, 5.74) is 6.81. The van der Waals surface area contributed by atoms with E-state index in [0.29, 0.717) is 22.4 Å². The molecule has 1 aromatic heterocycles. The molecule has 0 atom stereocenters. The lowest BCUT2D eigenvalue weighted by Gasteiger charge is -2.09. The number of amides is 1. The van der Waals surface area contributed by atoms with Crippen LogP contribution >= 0.6 is 0 Å². The van der Waals surface area contributed by atoms with Crippen molar-refractivity contribution in [3.05, 3.63) is 64.8 Å². The predicted molar refractivity (Wildman–Crippen MR) is 85.4 cm³/mol. The first-order valence-corrected chi connectivity index (χ1v) is 6.80. The Labute approximate surface area is 126 Å². The number of fused-ring (bicyclic) bond motifs is 1. The van der Waals surface area contributed by atoms with Gasteiger partial charge in [0.2, 0.25) is 5.91 Å². The van der Waals surface area contributed by atoms with E-state index < -0.39 is 0 Å². The van der Waals surface area contributed by atoms with E-state index in [9.17, 15) is 9.59 Å². The van der Waals surface area contributed by atoms with Crippen LogP contribution in [-0.4, -0.2) is 5.91 Å². The zero-order valence-corrected chi connectivity index (χ0v) is 11.9. The van der Waals surface area contributed by atoms with E-state index in [4.69, 9.17) is 4.42 Å². The third kappa shape index (κ3) is 2.69. The quantitative estimate of drug-likeness (QED) is 0.729. The van der Waals surface area contributed by atoms with Gasteiger partial charge in [0.15, 0.2) is 5.43 Å². The van der Waals surface area contributed by atoms with E-state index in [1.807, 2.05) is 30.3 Å². The molecule has 5 heteroatoms. The minimum absolute atomic E-state index is 0.173. The fraction of sp³-hybridized carbons (Fsp3) is 0.0588. The molecular formula is C17H14N2O3. The summed E-state index contributed by atoms with van der Waals surface area (Å²) in [5.74, 6) is 0.261. The molecule has 0 saturated heterocycles. The van der Waals surface area contributed by atoms with E-state index in [1.165, 1.54) is 13.0 Å². The van der Waals surface area contributed by atoms with Gasteiger partial charge in [-0.2, -0.15) is 0 Å². The minimum atomic E-state index is -0.248. The van der Waals surface area contributed by atoms with Gasteiger partial charge in [0.1, 0.15) is 11.3 Å². The van der Waals surface area contributed by atoms with Crippen molar-refractivity contribution in [2.24, 2.45) is 0 Å². The van der Waals surface area contributed by atoms with Crippen LogP contribution in [0.2, 0.25) is 0 Å². The largest absolute Gasteiger partial charge is 0.456 e. The molecule has 0 saturated carbocycles. The Kier molecular flexibility index (Phi) is 3.62. The van der Waals surface area contributed by atoms with Gasteiger partial charge in [0.05, 0.1) is 11.1 Å². The van der Waals surface area contributed by atoms with Crippen LogP contribution < -0.4 is 16.3 Å². The number of carbonyl (C=O) groups is 1. The molecule has 2 aromatic carbocycles. The molecule has 0 aliphatic carbocycles. The molecule has 0 bridgehead atoms. The number of nitrogens with one attached hydrogen (secondary N) is 2. The van der Waals surface area contributed by atoms with Crippen molar-refractivity contribution in [2.45, 2.75) is 6.92 Å². The van der Waals surface area contributed by atoms with Crippen molar-refractivity contribution in [1.82, 2.24) is 5.43 Å². The van der Waals surface area contributed by atoms with Crippen LogP contribution in [0.1, 0.15) is 6.92 Å². The fourth-order valence-corrected chi connectivity index (χ4v) is 2.21. The normalized spacial score (nSPS) is 10.4. The molecule has 0 aliphatic rings. The molecule has 5 nitrogen and oxygen atoms in total. The summed E-state index contributed by atoms with van der Waals surface area (Å²) < 4.78 is 5.82. The van der Waals surface area contributed by atoms with Gasteiger partial charge in [-0.15, -0.1) is 0 Å². The molecule has 0 unspecified atom stereocenters. The van der Waals surface area contributed by atoms with E-state index in [-0.39, 0.29) is 11.3 Å². The van der Waals surface area contributed by atoms with Gasteiger partial charge >= 0.3 is 0 Å². The van der Waals surface area contributed by atoms with Crippen LogP contribution in [0.4, 0.5) is 5.69 Å². The molecule has 22 heavy (non-hydrogen) atoms. The summed E-state index contributed by atoms with van der Waals surface area (Å²) >= 11 is 0. The molecule has 2 N–H and O–H groups in total. The molecule has 0 spiro atoms. The molecule has 0 fully saturated rings. The minimum Gasteiger partial charge on any atom is -0.456 e. The second-order valence-corrected chi connectivity index (χ2v) is 4.83. The average Bonchev–Trinajstić information content (AvgIpc) is 2.53. The van der Waals surface area contributed by atoms with Gasteiger partial charge in [-0.3, -0.25) is 20.4 Å². The smallest absolute Gasteiger partial charge is 0.235 e. The van der Waals surface area contributed by atoms with Gasteiger partial charge in [-0.25, -0.2) is 0 Å². The molecule has 1 heterocycles. The molecule has 3 rings (SSSR count). The van der Waals surface area contributed by atoms with Gasteiger partial charge < -0.3 is 4.42 Å². The molecular weight excluding hydrogens is 280 g/mol. The summed E-state index contributed by atoms with van der Waals surface area (Å²) in [5, 5.41) is 0.399. The van der Waals surface area contributed by atoms with Gasteiger partial charge in [-0.05, 0) is 12.1 Å². The zero-order valence-electron chi connectivity index (χ0n) is 11.9. The highest BCUT2D eigenvalue weighted by molar-refractivity contribution is 5.91. The summed E-state index contributed by atoms with van der Waals surface area (Å²) in [6, 6.07) is 16.1. The number of carbonyl (C=O) groups excluding carboxylic acids is 1. The Hall–Kier alpha value is -3.08. The monoisotopic (exact) mass is 294 g/mol. The highest BCUT2D eigenvalue weighted by atomic mass is 16.3. The van der Waals surface area contributed by atoms with Crippen LogP contribution in [0.15, 0.2) is 63.8 Å². The number of anilines is 1. The first-order valence-electron chi connectivity index (χ1n) is 6.80. The van der Waals surface area contributed by atoms with Crippen molar-refractivity contribution < 1.29 is 9.21 Å². The summed E-state index contributed by atoms with van der Waals surface area (Å²) in [6.07, 6.45) is 0. The summed E-state index contributed by atoms with van der Waals surface area (Å²) in [7, 11) is 0. The fourth-order valence-electron chi connectivity index (χ4n) is 2.21. The second-order valence-electron chi connectivity index (χ2n) is 4.83. The molecule has 1 amide bonds. The summed E-state index contributed by atoms with van der Waals surface area (Å²) in [6.45, 7) is 1.38. The molecule has 0 aliphatic heterocycles. The second kappa shape index (κ2) is 5.73. The van der Waals surface area contributed by atoms with Gasteiger partial charge in [0, 0.05) is 18.6 Å². The topological polar surface area (TPSA) is 71.3 Å². The number of hydrogen-bond donors (Lipinski definition) is 2. The van der Waals surface area contributed by atoms with Gasteiger partial charge in [0.25, 0.3) is 0 Å². The van der Waals surface area contributed by atoms with Crippen molar-refractivity contribution in [1.29, 1.82) is 0 Å². The van der Waals surface area contributed by atoms with E-state index >= 15 is 0 Å². The van der Waals surface area contributed by atoms with Crippen LogP contribution in [0, 0.1) is 0 Å². The first kappa shape index (κ1) is 13.9. The average molecular weight is 294 g/mol. The van der Waals surface area contributed by atoms with E-state index in [1.54, 1.807) is 18.2 Å². The van der Waals surface area contributed by atoms with Crippen molar-refractivity contribution >= 4 is 22.6 Å². The van der Waals surface area contributed by atoms with Crippen molar-refractivity contribution in [3.63, 3.8) is 0 Å². The third-order valence-electron chi connectivity index (χ3n) is 3.19.